The summed E-state index contributed by atoms with van der Waals surface area (Å²) >= 11 is 0. The minimum atomic E-state index is -4.64. The molecule has 2 rings (SSSR count). The Balaban J connectivity index is 0. The molecule has 1 unspecified atom stereocenters. The number of carbonyl (C=O) groups excluding carboxylic acids is 2. The lowest BCUT2D eigenvalue weighted by atomic mass is 9.67. The number of alkyl halides is 3. The molecule has 160 valence electrons. The van der Waals surface area contributed by atoms with Gasteiger partial charge in [-0.1, -0.05) is 27.2 Å². The van der Waals surface area contributed by atoms with Crippen molar-refractivity contribution in [2.45, 2.75) is 58.7 Å². The van der Waals surface area contributed by atoms with Gasteiger partial charge in [0.05, 0.1) is 6.54 Å². The second kappa shape index (κ2) is 13.7. The fraction of sp³-hybridized carbons (Fsp3) is 0.833. The molecule has 2 fully saturated rings. The van der Waals surface area contributed by atoms with Crippen LogP contribution < -0.4 is 5.32 Å². The summed E-state index contributed by atoms with van der Waals surface area (Å²) in [6.07, 6.45) is -0.242. The van der Waals surface area contributed by atoms with E-state index in [1.807, 2.05) is 11.9 Å². The predicted molar refractivity (Wildman–Crippen MR) is 97.6 cm³/mol. The van der Waals surface area contributed by atoms with Crippen LogP contribution in [0.5, 0.6) is 0 Å². The summed E-state index contributed by atoms with van der Waals surface area (Å²) in [5.41, 5.74) is 0.387. The molecule has 27 heavy (non-hydrogen) atoms. The Hall–Kier alpha value is -1.48. The first-order chi connectivity index (χ1) is 12.3. The van der Waals surface area contributed by atoms with Crippen LogP contribution in [0.2, 0.25) is 0 Å². The van der Waals surface area contributed by atoms with Crippen molar-refractivity contribution in [2.75, 3.05) is 27.2 Å². The van der Waals surface area contributed by atoms with Crippen molar-refractivity contribution in [1.82, 2.24) is 10.2 Å². The molecule has 9 heteroatoms. The Morgan fingerprint density at radius 3 is 1.85 bits per heavy atom. The topological polar surface area (TPSA) is 86.7 Å². The second-order valence-electron chi connectivity index (χ2n) is 7.44. The number of nitrogens with zero attached hydrogens (tertiary/aromatic N) is 1. The van der Waals surface area contributed by atoms with Crippen LogP contribution in [-0.2, 0) is 14.4 Å². The summed E-state index contributed by atoms with van der Waals surface area (Å²) in [7, 11) is 3.65. The van der Waals surface area contributed by atoms with E-state index in [4.69, 9.17) is 9.90 Å². The summed E-state index contributed by atoms with van der Waals surface area (Å²) in [5.74, 6) is 0.182. The van der Waals surface area contributed by atoms with E-state index in [2.05, 4.69) is 26.1 Å². The minimum absolute atomic E-state index is 0.217. The lowest BCUT2D eigenvalue weighted by molar-refractivity contribution is -0.156. The molecule has 0 radical (unpaired) electrons. The van der Waals surface area contributed by atoms with Gasteiger partial charge in [0, 0.05) is 6.54 Å². The SMILES string of the molecule is CC(C)C.CN1CC2(CCC2)CC1C(=O)O.CNCC=O.O=CC(F)(F)F. The summed E-state index contributed by atoms with van der Waals surface area (Å²) in [4.78, 5) is 30.8. The van der Waals surface area contributed by atoms with Gasteiger partial charge in [-0.2, -0.15) is 13.2 Å². The number of rotatable bonds is 3. The highest BCUT2D eigenvalue weighted by Gasteiger charge is 2.48. The third kappa shape index (κ3) is 14.3. The number of aliphatic carboxylic acids is 1. The third-order valence-corrected chi connectivity index (χ3v) is 3.86. The average molecular weight is 398 g/mol. The zero-order chi connectivity index (χ0) is 21.7. The second-order valence-corrected chi connectivity index (χ2v) is 7.44. The van der Waals surface area contributed by atoms with Gasteiger partial charge in [0.2, 0.25) is 6.29 Å². The maximum atomic E-state index is 10.8. The Labute approximate surface area is 159 Å². The molecule has 2 aliphatic rings. The highest BCUT2D eigenvalue weighted by Crippen LogP contribution is 2.49. The van der Waals surface area contributed by atoms with E-state index < -0.39 is 18.4 Å². The lowest BCUT2D eigenvalue weighted by Crippen LogP contribution is -2.33. The van der Waals surface area contributed by atoms with Crippen molar-refractivity contribution in [3.8, 4) is 0 Å². The predicted octanol–water partition coefficient (Wildman–Crippen LogP) is 2.76. The number of carboxylic acid groups (broad SMARTS) is 1. The molecule has 1 saturated carbocycles. The van der Waals surface area contributed by atoms with Gasteiger partial charge in [-0.3, -0.25) is 14.5 Å². The number of likely N-dealkylation sites (tertiary alicyclic amines) is 1. The molecule has 0 aromatic heterocycles. The molecule has 1 spiro atoms. The number of carbonyl (C=O) groups is 3. The summed E-state index contributed by atoms with van der Waals surface area (Å²) in [6, 6.07) is -0.217. The highest BCUT2D eigenvalue weighted by molar-refractivity contribution is 5.74. The van der Waals surface area contributed by atoms with Crippen LogP contribution >= 0.6 is 0 Å². The summed E-state index contributed by atoms with van der Waals surface area (Å²) < 4.78 is 31.2. The average Bonchev–Trinajstić information content (AvgIpc) is 2.86. The Morgan fingerprint density at radius 1 is 1.30 bits per heavy atom. The van der Waals surface area contributed by atoms with Gasteiger partial charge >= 0.3 is 12.1 Å². The van der Waals surface area contributed by atoms with Gasteiger partial charge in [-0.25, -0.2) is 0 Å². The Morgan fingerprint density at radius 2 is 1.74 bits per heavy atom. The zero-order valence-corrected chi connectivity index (χ0v) is 16.8. The van der Waals surface area contributed by atoms with Crippen molar-refractivity contribution in [3.63, 3.8) is 0 Å². The van der Waals surface area contributed by atoms with Gasteiger partial charge in [0.1, 0.15) is 12.3 Å². The van der Waals surface area contributed by atoms with Crippen LogP contribution in [0.1, 0.15) is 46.5 Å². The first-order valence-corrected chi connectivity index (χ1v) is 8.88. The number of hydrogen-bond donors (Lipinski definition) is 2. The number of nitrogens with one attached hydrogen (secondary N) is 1. The molecule has 1 saturated heterocycles. The fourth-order valence-electron chi connectivity index (χ4n) is 2.67. The smallest absolute Gasteiger partial charge is 0.446 e. The first kappa shape index (κ1) is 27.7. The van der Waals surface area contributed by atoms with Crippen LogP contribution in [0.4, 0.5) is 13.2 Å². The van der Waals surface area contributed by atoms with Gasteiger partial charge in [-0.15, -0.1) is 0 Å². The standard InChI is InChI=1S/C9H15NO2.C4H10.C3H7NO.C2HF3O/c1-10-6-9(3-2-4-9)5-7(10)8(11)12;1-4(2)3;1-4-2-3-5;3-2(4,5)1-6/h7H,2-6H2,1H3,(H,11,12);4H,1-3H3;3-4H,2H2,1H3;1H. The van der Waals surface area contributed by atoms with Gasteiger partial charge < -0.3 is 15.2 Å². The van der Waals surface area contributed by atoms with Crippen LogP contribution in [0.25, 0.3) is 0 Å². The summed E-state index contributed by atoms with van der Waals surface area (Å²) in [6.45, 7) is 7.95. The van der Waals surface area contributed by atoms with E-state index in [9.17, 15) is 22.8 Å². The quantitative estimate of drug-likeness (QED) is 0.711. The first-order valence-electron chi connectivity index (χ1n) is 8.88. The molecule has 1 atom stereocenters. The maximum absolute atomic E-state index is 10.8. The molecule has 6 nitrogen and oxygen atoms in total. The highest BCUT2D eigenvalue weighted by atomic mass is 19.4. The van der Waals surface area contributed by atoms with Crippen molar-refractivity contribution in [3.05, 3.63) is 0 Å². The van der Waals surface area contributed by atoms with Crippen LogP contribution in [0.3, 0.4) is 0 Å². The molecule has 1 heterocycles. The molecular formula is C18H33F3N2O4. The Kier molecular flexibility index (Phi) is 14.0. The molecular weight excluding hydrogens is 365 g/mol. The van der Waals surface area contributed by atoms with E-state index in [1.165, 1.54) is 19.3 Å². The van der Waals surface area contributed by atoms with E-state index >= 15 is 0 Å². The summed E-state index contributed by atoms with van der Waals surface area (Å²) in [5, 5.41) is 11.5. The lowest BCUT2D eigenvalue weighted by Gasteiger charge is -2.37. The van der Waals surface area contributed by atoms with Crippen LogP contribution in [0, 0.1) is 11.3 Å². The molecule has 0 aromatic carbocycles. The molecule has 1 aliphatic carbocycles. The van der Waals surface area contributed by atoms with Crippen molar-refractivity contribution >= 4 is 18.5 Å². The minimum Gasteiger partial charge on any atom is -0.480 e. The molecule has 0 bridgehead atoms. The number of hydrogen-bond acceptors (Lipinski definition) is 5. The van der Waals surface area contributed by atoms with Gasteiger partial charge in [-0.05, 0) is 44.7 Å². The molecule has 2 N–H and O–H groups in total. The van der Waals surface area contributed by atoms with E-state index in [0.29, 0.717) is 12.0 Å². The van der Waals surface area contributed by atoms with E-state index in [-0.39, 0.29) is 6.04 Å². The molecule has 0 amide bonds. The third-order valence-electron chi connectivity index (χ3n) is 3.86. The number of carboxylic acids is 1. The fourth-order valence-corrected chi connectivity index (χ4v) is 2.67. The van der Waals surface area contributed by atoms with Crippen molar-refractivity contribution in [2.24, 2.45) is 11.3 Å². The largest absolute Gasteiger partial charge is 0.480 e. The van der Waals surface area contributed by atoms with Gasteiger partial charge in [0.15, 0.2) is 0 Å². The van der Waals surface area contributed by atoms with Crippen LogP contribution in [-0.4, -0.2) is 68.0 Å². The maximum Gasteiger partial charge on any atom is 0.446 e. The zero-order valence-electron chi connectivity index (χ0n) is 16.8. The van der Waals surface area contributed by atoms with Crippen LogP contribution in [0.15, 0.2) is 0 Å². The van der Waals surface area contributed by atoms with E-state index in [0.717, 1.165) is 25.2 Å². The van der Waals surface area contributed by atoms with Gasteiger partial charge in [0.25, 0.3) is 0 Å². The number of halogens is 3. The molecule has 1 aliphatic heterocycles. The van der Waals surface area contributed by atoms with Crippen molar-refractivity contribution in [1.29, 1.82) is 0 Å². The number of likely N-dealkylation sites (N-methyl/N-ethyl adjacent to an activating group) is 2. The molecule has 0 aromatic rings. The van der Waals surface area contributed by atoms with E-state index in [1.54, 1.807) is 7.05 Å². The normalized spacial score (nSPS) is 20.1. The monoisotopic (exact) mass is 398 g/mol. The van der Waals surface area contributed by atoms with Crippen molar-refractivity contribution < 1.29 is 32.7 Å². The number of aldehydes is 2. The Bertz CT molecular complexity index is 436.